The van der Waals surface area contributed by atoms with E-state index in [0.717, 1.165) is 8.95 Å². The van der Waals surface area contributed by atoms with Gasteiger partial charge in [-0.05, 0) is 132 Å². The Labute approximate surface area is 236 Å². The van der Waals surface area contributed by atoms with Crippen LogP contribution in [0.4, 0.5) is 0 Å². The summed E-state index contributed by atoms with van der Waals surface area (Å²) in [6, 6.07) is 44.4. The molecule has 0 N–H and O–H groups in total. The van der Waals surface area contributed by atoms with Crippen molar-refractivity contribution in [2.75, 3.05) is 0 Å². The average molecular weight is 612 g/mol. The van der Waals surface area contributed by atoms with Crippen LogP contribution in [0.2, 0.25) is 0 Å². The molecule has 0 spiro atoms. The lowest BCUT2D eigenvalue weighted by atomic mass is 9.90. The third-order valence-electron chi connectivity index (χ3n) is 7.93. The lowest BCUT2D eigenvalue weighted by molar-refractivity contribution is 1.70. The molecular weight excluding hydrogens is 592 g/mol. The Bertz CT molecular complexity index is 2260. The summed E-state index contributed by atoms with van der Waals surface area (Å²) in [5.41, 5.74) is 2.49. The van der Waals surface area contributed by atoms with E-state index in [4.69, 9.17) is 0 Å². The standard InChI is InChI=1S/C36H20Br2/c37-35-26-9-3-1-7-21(26)18-32-25-15-13-24(17-23(25)14-16-30(32)35)31-20-34-33(29-12-6-5-11-28(29)31)19-22-8-2-4-10-27(22)36(34)38/h1-20H. The highest BCUT2D eigenvalue weighted by atomic mass is 79.9. The summed E-state index contributed by atoms with van der Waals surface area (Å²) in [5.74, 6) is 0. The van der Waals surface area contributed by atoms with Crippen molar-refractivity contribution in [2.24, 2.45) is 0 Å². The number of fused-ring (bicyclic) bond motifs is 8. The van der Waals surface area contributed by atoms with Crippen molar-refractivity contribution in [3.05, 3.63) is 130 Å². The van der Waals surface area contributed by atoms with Crippen molar-refractivity contribution >= 4 is 96.5 Å². The third kappa shape index (κ3) is 3.20. The maximum absolute atomic E-state index is 3.96. The van der Waals surface area contributed by atoms with Crippen molar-refractivity contribution in [1.29, 1.82) is 0 Å². The van der Waals surface area contributed by atoms with Crippen LogP contribution in [-0.2, 0) is 0 Å². The largest absolute Gasteiger partial charge is 0.0616 e. The van der Waals surface area contributed by atoms with Gasteiger partial charge >= 0.3 is 0 Å². The van der Waals surface area contributed by atoms with Crippen molar-refractivity contribution in [3.63, 3.8) is 0 Å². The van der Waals surface area contributed by atoms with Crippen LogP contribution in [-0.4, -0.2) is 0 Å². The Morgan fingerprint density at radius 1 is 0.316 bits per heavy atom. The highest BCUT2D eigenvalue weighted by molar-refractivity contribution is 9.11. The van der Waals surface area contributed by atoms with Gasteiger partial charge in [0.2, 0.25) is 0 Å². The molecule has 8 aromatic carbocycles. The molecule has 2 heteroatoms. The van der Waals surface area contributed by atoms with Crippen molar-refractivity contribution in [1.82, 2.24) is 0 Å². The second-order valence-corrected chi connectivity index (χ2v) is 11.6. The van der Waals surface area contributed by atoms with Gasteiger partial charge in [0, 0.05) is 8.95 Å². The molecule has 0 aliphatic carbocycles. The Morgan fingerprint density at radius 3 is 1.55 bits per heavy atom. The van der Waals surface area contributed by atoms with E-state index in [1.165, 1.54) is 75.8 Å². The summed E-state index contributed by atoms with van der Waals surface area (Å²) in [7, 11) is 0. The summed E-state index contributed by atoms with van der Waals surface area (Å²) >= 11 is 7.85. The van der Waals surface area contributed by atoms with Gasteiger partial charge in [0.15, 0.2) is 0 Å². The van der Waals surface area contributed by atoms with E-state index in [2.05, 4.69) is 153 Å². The molecule has 0 saturated carbocycles. The second-order valence-electron chi connectivity index (χ2n) is 9.98. The third-order valence-corrected chi connectivity index (χ3v) is 9.63. The van der Waals surface area contributed by atoms with Gasteiger partial charge in [0.25, 0.3) is 0 Å². The molecule has 0 unspecified atom stereocenters. The summed E-state index contributed by atoms with van der Waals surface area (Å²) in [5, 5.41) is 15.1. The van der Waals surface area contributed by atoms with Gasteiger partial charge < -0.3 is 0 Å². The maximum Gasteiger partial charge on any atom is 0.0332 e. The molecule has 0 aliphatic rings. The fourth-order valence-corrected chi connectivity index (χ4v) is 7.48. The average Bonchev–Trinajstić information content (AvgIpc) is 2.97. The minimum absolute atomic E-state index is 1.15. The number of hydrogen-bond donors (Lipinski definition) is 0. The van der Waals surface area contributed by atoms with Gasteiger partial charge in [-0.25, -0.2) is 0 Å². The van der Waals surface area contributed by atoms with Gasteiger partial charge in [0.05, 0.1) is 0 Å². The highest BCUT2D eigenvalue weighted by Gasteiger charge is 2.14. The molecule has 0 atom stereocenters. The molecule has 0 amide bonds. The first-order valence-corrected chi connectivity index (χ1v) is 14.3. The quantitative estimate of drug-likeness (QED) is 0.128. The van der Waals surface area contributed by atoms with E-state index < -0.39 is 0 Å². The first-order chi connectivity index (χ1) is 18.7. The van der Waals surface area contributed by atoms with E-state index in [0.29, 0.717) is 0 Å². The van der Waals surface area contributed by atoms with E-state index in [-0.39, 0.29) is 0 Å². The summed E-state index contributed by atoms with van der Waals surface area (Å²) < 4.78 is 2.32. The van der Waals surface area contributed by atoms with Crippen LogP contribution in [0.1, 0.15) is 0 Å². The molecule has 0 aromatic heterocycles. The highest BCUT2D eigenvalue weighted by Crippen LogP contribution is 2.42. The molecule has 0 saturated heterocycles. The zero-order chi connectivity index (χ0) is 25.4. The molecule has 8 rings (SSSR count). The minimum Gasteiger partial charge on any atom is -0.0616 e. The van der Waals surface area contributed by atoms with Gasteiger partial charge in [-0.15, -0.1) is 0 Å². The van der Waals surface area contributed by atoms with Crippen LogP contribution in [0.15, 0.2) is 130 Å². The summed E-state index contributed by atoms with van der Waals surface area (Å²) in [6.07, 6.45) is 0. The van der Waals surface area contributed by atoms with Crippen molar-refractivity contribution in [3.8, 4) is 11.1 Å². The van der Waals surface area contributed by atoms with E-state index in [1.54, 1.807) is 0 Å². The molecule has 0 bridgehead atoms. The van der Waals surface area contributed by atoms with Gasteiger partial charge in [-0.1, -0.05) is 97.1 Å². The van der Waals surface area contributed by atoms with Gasteiger partial charge in [-0.3, -0.25) is 0 Å². The van der Waals surface area contributed by atoms with Crippen LogP contribution in [0.3, 0.4) is 0 Å². The van der Waals surface area contributed by atoms with E-state index in [9.17, 15) is 0 Å². The Balaban J connectivity index is 1.43. The van der Waals surface area contributed by atoms with Crippen molar-refractivity contribution in [2.45, 2.75) is 0 Å². The Hall–Kier alpha value is -3.72. The van der Waals surface area contributed by atoms with Crippen LogP contribution in [0.25, 0.3) is 75.8 Å². The zero-order valence-corrected chi connectivity index (χ0v) is 23.5. The lowest BCUT2D eigenvalue weighted by Crippen LogP contribution is -1.88. The second kappa shape index (κ2) is 8.39. The molecule has 38 heavy (non-hydrogen) atoms. The predicted octanol–water partition coefficient (Wildman–Crippen LogP) is 11.8. The molecular formula is C36H20Br2. The lowest BCUT2D eigenvalue weighted by Gasteiger charge is -2.15. The van der Waals surface area contributed by atoms with E-state index in [1.807, 2.05) is 0 Å². The fraction of sp³-hybridized carbons (Fsp3) is 0. The first-order valence-electron chi connectivity index (χ1n) is 12.7. The first kappa shape index (κ1) is 22.3. The minimum atomic E-state index is 1.15. The monoisotopic (exact) mass is 610 g/mol. The number of hydrogen-bond acceptors (Lipinski definition) is 0. The molecule has 0 nitrogen and oxygen atoms in total. The van der Waals surface area contributed by atoms with Crippen LogP contribution >= 0.6 is 31.9 Å². The molecule has 178 valence electrons. The molecule has 8 aromatic rings. The number of benzene rings is 8. The number of halogens is 2. The van der Waals surface area contributed by atoms with Gasteiger partial charge in [-0.2, -0.15) is 0 Å². The fourth-order valence-electron chi connectivity index (χ4n) is 6.09. The maximum atomic E-state index is 3.96. The SMILES string of the molecule is Brc1c2ccccc2cc2c1ccc1cc(-c3cc4c(Br)c5ccccc5cc4c4ccccc34)ccc12. The summed E-state index contributed by atoms with van der Waals surface area (Å²) in [6.45, 7) is 0. The Kier molecular flexibility index (Phi) is 4.92. The topological polar surface area (TPSA) is 0 Å². The van der Waals surface area contributed by atoms with Crippen molar-refractivity contribution < 1.29 is 0 Å². The molecule has 0 aliphatic heterocycles. The van der Waals surface area contributed by atoms with Gasteiger partial charge in [0.1, 0.15) is 0 Å². The zero-order valence-electron chi connectivity index (χ0n) is 20.3. The van der Waals surface area contributed by atoms with Crippen LogP contribution < -0.4 is 0 Å². The summed E-state index contributed by atoms with van der Waals surface area (Å²) in [4.78, 5) is 0. The molecule has 0 heterocycles. The smallest absolute Gasteiger partial charge is 0.0332 e. The van der Waals surface area contributed by atoms with Crippen LogP contribution in [0, 0.1) is 0 Å². The van der Waals surface area contributed by atoms with Crippen LogP contribution in [0.5, 0.6) is 0 Å². The predicted molar refractivity (Wildman–Crippen MR) is 172 cm³/mol. The normalized spacial score (nSPS) is 11.9. The molecule has 0 fully saturated rings. The Morgan fingerprint density at radius 2 is 0.842 bits per heavy atom. The van der Waals surface area contributed by atoms with E-state index >= 15 is 0 Å². The molecule has 0 radical (unpaired) electrons. The number of rotatable bonds is 1.